The van der Waals surface area contributed by atoms with E-state index >= 15 is 0 Å². The van der Waals surface area contributed by atoms with Gasteiger partial charge < -0.3 is 11.1 Å². The van der Waals surface area contributed by atoms with Gasteiger partial charge in [0.15, 0.2) is 0 Å². The predicted molar refractivity (Wildman–Crippen MR) is 59.5 cm³/mol. The normalized spacial score (nSPS) is 10.4. The molecule has 3 N–H and O–H groups in total. The van der Waals surface area contributed by atoms with Crippen LogP contribution in [-0.2, 0) is 24.9 Å². The van der Waals surface area contributed by atoms with Crippen molar-refractivity contribution in [3.63, 3.8) is 0 Å². The first-order valence-corrected chi connectivity index (χ1v) is 5.03. The van der Waals surface area contributed by atoms with E-state index in [2.05, 4.69) is 20.5 Å². The van der Waals surface area contributed by atoms with Gasteiger partial charge in [0.25, 0.3) is 0 Å². The number of amides is 1. The number of aryl methyl sites for hydroxylation is 1. The molecule has 0 unspecified atom stereocenters. The molecular weight excluding hydrogens is 222 g/mol. The first-order valence-electron chi connectivity index (χ1n) is 5.03. The third-order valence-corrected chi connectivity index (χ3v) is 2.25. The quantitative estimate of drug-likeness (QED) is 0.700. The van der Waals surface area contributed by atoms with Gasteiger partial charge in [-0.2, -0.15) is 5.10 Å². The van der Waals surface area contributed by atoms with Crippen LogP contribution in [-0.4, -0.2) is 30.5 Å². The minimum Gasteiger partial charge on any atom is -0.367 e. The van der Waals surface area contributed by atoms with Crippen molar-refractivity contribution in [3.8, 4) is 0 Å². The Morgan fingerprint density at radius 3 is 3.00 bits per heavy atom. The molecule has 0 aromatic carbocycles. The number of nitrogens with two attached hydrogens (primary N) is 1. The van der Waals surface area contributed by atoms with Crippen molar-refractivity contribution in [1.29, 1.82) is 0 Å². The molecule has 0 aliphatic heterocycles. The van der Waals surface area contributed by atoms with Crippen molar-refractivity contribution in [2.45, 2.75) is 13.1 Å². The van der Waals surface area contributed by atoms with E-state index < -0.39 is 0 Å². The molecule has 0 spiro atoms. The summed E-state index contributed by atoms with van der Waals surface area (Å²) in [6, 6.07) is 1.84. The van der Waals surface area contributed by atoms with Crippen LogP contribution < -0.4 is 11.1 Å². The largest absolute Gasteiger partial charge is 0.367 e. The van der Waals surface area contributed by atoms with E-state index in [1.165, 1.54) is 11.0 Å². The van der Waals surface area contributed by atoms with Gasteiger partial charge in [0.05, 0.1) is 12.2 Å². The van der Waals surface area contributed by atoms with Crippen LogP contribution in [0.25, 0.3) is 0 Å². The van der Waals surface area contributed by atoms with Crippen LogP contribution in [0.1, 0.15) is 5.69 Å². The minimum atomic E-state index is -0.156. The van der Waals surface area contributed by atoms with Crippen molar-refractivity contribution in [2.75, 3.05) is 5.73 Å². The summed E-state index contributed by atoms with van der Waals surface area (Å²) in [6.07, 6.45) is 3.10. The number of carbonyl (C=O) groups excluding carboxylic acids is 1. The van der Waals surface area contributed by atoms with E-state index in [9.17, 15) is 4.79 Å². The predicted octanol–water partition coefficient (Wildman–Crippen LogP) is -1.09. The molecule has 0 saturated carbocycles. The molecule has 2 heterocycles. The monoisotopic (exact) mass is 235 g/mol. The van der Waals surface area contributed by atoms with Crippen LogP contribution in [0.15, 0.2) is 18.6 Å². The summed E-state index contributed by atoms with van der Waals surface area (Å²) in [5.74, 6) is 0.000495. The fraction of sp³-hybridized carbons (Fsp3) is 0.333. The summed E-state index contributed by atoms with van der Waals surface area (Å²) in [6.45, 7) is 0.529. The number of nitrogen functional groups attached to an aromatic ring is 1. The molecule has 0 fully saturated rings. The number of nitrogens with zero attached hydrogens (tertiary/aromatic N) is 5. The van der Waals surface area contributed by atoms with Crippen LogP contribution in [0.5, 0.6) is 0 Å². The number of anilines is 1. The molecule has 17 heavy (non-hydrogen) atoms. The van der Waals surface area contributed by atoms with Gasteiger partial charge in [-0.05, 0) is 6.07 Å². The molecule has 2 rings (SSSR count). The van der Waals surface area contributed by atoms with Crippen molar-refractivity contribution >= 4 is 11.9 Å². The van der Waals surface area contributed by atoms with Gasteiger partial charge >= 0.3 is 0 Å². The molecule has 1 amide bonds. The maximum absolute atomic E-state index is 11.6. The topological polar surface area (TPSA) is 104 Å². The Morgan fingerprint density at radius 2 is 2.41 bits per heavy atom. The highest BCUT2D eigenvalue weighted by Gasteiger charge is 2.05. The Bertz CT molecular complexity index is 515. The lowest BCUT2D eigenvalue weighted by Crippen LogP contribution is -2.28. The van der Waals surface area contributed by atoms with Crippen molar-refractivity contribution in [1.82, 2.24) is 29.9 Å². The van der Waals surface area contributed by atoms with Gasteiger partial charge in [0.1, 0.15) is 12.9 Å². The molecule has 90 valence electrons. The number of carbonyl (C=O) groups is 1. The Kier molecular flexibility index (Phi) is 3.03. The highest BCUT2D eigenvalue weighted by Crippen LogP contribution is 1.95. The standard InChI is InChI=1S/C9H13N7O/c1-15-7(2-3-13-15)4-11-8(17)5-16-6-12-9(10)14-16/h2-3,6H,4-5H2,1H3,(H2,10,14)(H,11,17). The van der Waals surface area contributed by atoms with Crippen molar-refractivity contribution < 1.29 is 4.79 Å². The summed E-state index contributed by atoms with van der Waals surface area (Å²) < 4.78 is 3.08. The molecule has 0 radical (unpaired) electrons. The highest BCUT2D eigenvalue weighted by molar-refractivity contribution is 5.75. The van der Waals surface area contributed by atoms with Gasteiger partial charge in [-0.15, -0.1) is 5.10 Å². The third kappa shape index (κ3) is 2.80. The third-order valence-electron chi connectivity index (χ3n) is 2.25. The van der Waals surface area contributed by atoms with Crippen molar-refractivity contribution in [2.24, 2.45) is 7.05 Å². The lowest BCUT2D eigenvalue weighted by atomic mass is 10.4. The maximum atomic E-state index is 11.6. The molecule has 0 saturated heterocycles. The van der Waals surface area contributed by atoms with Gasteiger partial charge in [0.2, 0.25) is 11.9 Å². The number of nitrogens with one attached hydrogen (secondary N) is 1. The first kappa shape index (κ1) is 11.1. The number of aromatic nitrogens is 5. The zero-order valence-electron chi connectivity index (χ0n) is 9.37. The van der Waals surface area contributed by atoms with E-state index in [4.69, 9.17) is 5.73 Å². The summed E-state index contributed by atoms with van der Waals surface area (Å²) in [7, 11) is 1.82. The highest BCUT2D eigenvalue weighted by atomic mass is 16.2. The fourth-order valence-corrected chi connectivity index (χ4v) is 1.35. The second kappa shape index (κ2) is 4.64. The van der Waals surface area contributed by atoms with Gasteiger partial charge in [-0.25, -0.2) is 9.67 Å². The average Bonchev–Trinajstić information content (AvgIpc) is 2.85. The van der Waals surface area contributed by atoms with E-state index in [0.717, 1.165) is 5.69 Å². The lowest BCUT2D eigenvalue weighted by molar-refractivity contribution is -0.122. The van der Waals surface area contributed by atoms with E-state index in [1.54, 1.807) is 10.9 Å². The molecule has 2 aromatic rings. The van der Waals surface area contributed by atoms with E-state index in [1.807, 2.05) is 13.1 Å². The SMILES string of the molecule is Cn1nccc1CNC(=O)Cn1cnc(N)n1. The second-order valence-electron chi connectivity index (χ2n) is 3.52. The smallest absolute Gasteiger partial charge is 0.242 e. The fourth-order valence-electron chi connectivity index (χ4n) is 1.35. The molecular formula is C9H13N7O. The molecule has 0 aliphatic rings. The second-order valence-corrected chi connectivity index (χ2v) is 3.52. The molecule has 0 atom stereocenters. The van der Waals surface area contributed by atoms with Crippen LogP contribution in [0.2, 0.25) is 0 Å². The van der Waals surface area contributed by atoms with Gasteiger partial charge in [0, 0.05) is 13.2 Å². The zero-order valence-corrected chi connectivity index (χ0v) is 9.37. The molecule has 0 bridgehead atoms. The zero-order chi connectivity index (χ0) is 12.3. The molecule has 2 aromatic heterocycles. The van der Waals surface area contributed by atoms with Crippen LogP contribution >= 0.6 is 0 Å². The summed E-state index contributed by atoms with van der Waals surface area (Å²) in [5.41, 5.74) is 6.27. The Morgan fingerprint density at radius 1 is 1.59 bits per heavy atom. The number of hydrogen-bond donors (Lipinski definition) is 2. The van der Waals surface area contributed by atoms with Crippen LogP contribution in [0.3, 0.4) is 0 Å². The van der Waals surface area contributed by atoms with E-state index in [0.29, 0.717) is 6.54 Å². The summed E-state index contributed by atoms with van der Waals surface area (Å²) in [5, 5.41) is 10.6. The maximum Gasteiger partial charge on any atom is 0.242 e. The summed E-state index contributed by atoms with van der Waals surface area (Å²) >= 11 is 0. The number of rotatable bonds is 4. The Balaban J connectivity index is 1.84. The lowest BCUT2D eigenvalue weighted by Gasteiger charge is -2.05. The minimum absolute atomic E-state index is 0.0993. The van der Waals surface area contributed by atoms with Crippen LogP contribution in [0.4, 0.5) is 5.95 Å². The Labute approximate surface area is 97.4 Å². The Hall–Kier alpha value is -2.38. The summed E-state index contributed by atoms with van der Waals surface area (Å²) in [4.78, 5) is 15.3. The van der Waals surface area contributed by atoms with Gasteiger partial charge in [-0.3, -0.25) is 9.48 Å². The van der Waals surface area contributed by atoms with E-state index in [-0.39, 0.29) is 18.4 Å². The molecule has 8 nitrogen and oxygen atoms in total. The van der Waals surface area contributed by atoms with Gasteiger partial charge in [-0.1, -0.05) is 0 Å². The first-order chi connectivity index (χ1) is 8.15. The molecule has 0 aliphatic carbocycles. The average molecular weight is 235 g/mol. The van der Waals surface area contributed by atoms with Crippen molar-refractivity contribution in [3.05, 3.63) is 24.3 Å². The van der Waals surface area contributed by atoms with Crippen LogP contribution in [0, 0.1) is 0 Å². The number of hydrogen-bond acceptors (Lipinski definition) is 5. The molecule has 8 heteroatoms.